The van der Waals surface area contributed by atoms with Crippen molar-refractivity contribution in [1.29, 1.82) is 0 Å². The van der Waals surface area contributed by atoms with Crippen molar-refractivity contribution in [2.24, 2.45) is 0 Å². The Balaban J connectivity index is 2.71. The van der Waals surface area contributed by atoms with Crippen LogP contribution in [0.25, 0.3) is 11.0 Å². The first-order valence-electron chi connectivity index (χ1n) is 4.91. The molecule has 0 N–H and O–H groups in total. The monoisotopic (exact) mass is 238 g/mol. The summed E-state index contributed by atoms with van der Waals surface area (Å²) in [5, 5.41) is 1.29. The van der Waals surface area contributed by atoms with Crippen LogP contribution in [0.15, 0.2) is 18.2 Å². The first kappa shape index (κ1) is 11.0. The molecule has 0 saturated heterocycles. The number of rotatable bonds is 2. The molecule has 0 aromatic carbocycles. The Morgan fingerprint density at radius 3 is 2.94 bits per heavy atom. The highest BCUT2D eigenvalue weighted by molar-refractivity contribution is 6.29. The van der Waals surface area contributed by atoms with Gasteiger partial charge in [-0.1, -0.05) is 11.6 Å². The van der Waals surface area contributed by atoms with Crippen LogP contribution in [0.4, 0.5) is 0 Å². The van der Waals surface area contributed by atoms with Gasteiger partial charge in [0, 0.05) is 11.9 Å². The predicted octanol–water partition coefficient (Wildman–Crippen LogP) is 2.50. The lowest BCUT2D eigenvalue weighted by Crippen LogP contribution is -2.09. The standard InChI is InChI=1S/C11H11ClN2O2/c1-3-14-8(11(15)16-2)6-7-4-5-9(12)13-10(7)14/h4-6H,3H2,1-2H3. The maximum Gasteiger partial charge on any atom is 0.354 e. The first-order valence-corrected chi connectivity index (χ1v) is 5.29. The molecule has 2 rings (SSSR count). The van der Waals surface area contributed by atoms with Gasteiger partial charge in [0.1, 0.15) is 16.5 Å². The van der Waals surface area contributed by atoms with E-state index < -0.39 is 0 Å². The van der Waals surface area contributed by atoms with Gasteiger partial charge in [-0.15, -0.1) is 0 Å². The van der Waals surface area contributed by atoms with Gasteiger partial charge in [0.05, 0.1) is 7.11 Å². The average Bonchev–Trinajstić information content (AvgIpc) is 2.65. The summed E-state index contributed by atoms with van der Waals surface area (Å²) in [5.74, 6) is -0.365. The molecule has 0 saturated carbocycles. The van der Waals surface area contributed by atoms with E-state index in [0.29, 0.717) is 23.0 Å². The van der Waals surface area contributed by atoms with Gasteiger partial charge < -0.3 is 9.30 Å². The Bertz CT molecular complexity index is 548. The van der Waals surface area contributed by atoms with Gasteiger partial charge in [0.2, 0.25) is 0 Å². The number of esters is 1. The molecule has 0 unspecified atom stereocenters. The molecule has 2 heterocycles. The third-order valence-electron chi connectivity index (χ3n) is 2.42. The summed E-state index contributed by atoms with van der Waals surface area (Å²) >= 11 is 5.83. The maximum absolute atomic E-state index is 11.5. The second kappa shape index (κ2) is 4.14. The number of aryl methyl sites for hydroxylation is 1. The number of ether oxygens (including phenoxy) is 1. The second-order valence-corrected chi connectivity index (χ2v) is 3.70. The fraction of sp³-hybridized carbons (Fsp3) is 0.273. The van der Waals surface area contributed by atoms with Gasteiger partial charge in [-0.3, -0.25) is 0 Å². The molecule has 0 aliphatic heterocycles. The van der Waals surface area contributed by atoms with Crippen LogP contribution in [0.5, 0.6) is 0 Å². The van der Waals surface area contributed by atoms with E-state index in [1.807, 2.05) is 13.0 Å². The van der Waals surface area contributed by atoms with Gasteiger partial charge in [-0.05, 0) is 25.1 Å². The van der Waals surface area contributed by atoms with E-state index in [4.69, 9.17) is 16.3 Å². The van der Waals surface area contributed by atoms with Gasteiger partial charge >= 0.3 is 5.97 Å². The van der Waals surface area contributed by atoms with Gasteiger partial charge in [-0.25, -0.2) is 9.78 Å². The van der Waals surface area contributed by atoms with Crippen LogP contribution in [0.2, 0.25) is 5.15 Å². The zero-order chi connectivity index (χ0) is 11.7. The van der Waals surface area contributed by atoms with Crippen LogP contribution in [-0.2, 0) is 11.3 Å². The van der Waals surface area contributed by atoms with E-state index in [2.05, 4.69) is 4.98 Å². The normalized spacial score (nSPS) is 10.7. The molecule has 0 aliphatic rings. The summed E-state index contributed by atoms with van der Waals surface area (Å²) in [4.78, 5) is 15.7. The fourth-order valence-electron chi connectivity index (χ4n) is 1.70. The number of aromatic nitrogens is 2. The van der Waals surface area contributed by atoms with Crippen molar-refractivity contribution in [3.8, 4) is 0 Å². The number of carbonyl (C=O) groups is 1. The number of methoxy groups -OCH3 is 1. The van der Waals surface area contributed by atoms with E-state index >= 15 is 0 Å². The number of carbonyl (C=O) groups excluding carboxylic acids is 1. The van der Waals surface area contributed by atoms with E-state index in [1.165, 1.54) is 7.11 Å². The van der Waals surface area contributed by atoms with E-state index in [1.54, 1.807) is 16.7 Å². The van der Waals surface area contributed by atoms with E-state index in [9.17, 15) is 4.79 Å². The lowest BCUT2D eigenvalue weighted by molar-refractivity contribution is 0.0589. The van der Waals surface area contributed by atoms with Gasteiger partial charge in [-0.2, -0.15) is 0 Å². The van der Waals surface area contributed by atoms with Crippen LogP contribution in [-0.4, -0.2) is 22.6 Å². The molecule has 0 atom stereocenters. The molecule has 0 spiro atoms. The fourth-order valence-corrected chi connectivity index (χ4v) is 1.84. The third-order valence-corrected chi connectivity index (χ3v) is 2.63. The van der Waals surface area contributed by atoms with Crippen molar-refractivity contribution in [2.45, 2.75) is 13.5 Å². The molecule has 0 bridgehead atoms. The van der Waals surface area contributed by atoms with Crippen LogP contribution < -0.4 is 0 Å². The molecule has 16 heavy (non-hydrogen) atoms. The minimum absolute atomic E-state index is 0.365. The van der Waals surface area contributed by atoms with Crippen molar-refractivity contribution in [2.75, 3.05) is 7.11 Å². The van der Waals surface area contributed by atoms with Crippen molar-refractivity contribution in [1.82, 2.24) is 9.55 Å². The highest BCUT2D eigenvalue weighted by atomic mass is 35.5. The molecule has 2 aromatic rings. The number of hydrogen-bond donors (Lipinski definition) is 0. The van der Waals surface area contributed by atoms with Crippen LogP contribution in [0, 0.1) is 0 Å². The summed E-state index contributed by atoms with van der Waals surface area (Å²) in [7, 11) is 1.36. The smallest absolute Gasteiger partial charge is 0.354 e. The van der Waals surface area contributed by atoms with Crippen LogP contribution in [0.3, 0.4) is 0 Å². The summed E-state index contributed by atoms with van der Waals surface area (Å²) in [6, 6.07) is 5.29. The molecular weight excluding hydrogens is 228 g/mol. The lowest BCUT2D eigenvalue weighted by atomic mass is 10.3. The zero-order valence-electron chi connectivity index (χ0n) is 9.03. The molecule has 0 fully saturated rings. The topological polar surface area (TPSA) is 44.1 Å². The highest BCUT2D eigenvalue weighted by Crippen LogP contribution is 2.20. The van der Waals surface area contributed by atoms with Gasteiger partial charge in [0.25, 0.3) is 0 Å². The second-order valence-electron chi connectivity index (χ2n) is 3.31. The Hall–Kier alpha value is -1.55. The number of halogens is 1. The molecule has 0 radical (unpaired) electrons. The predicted molar refractivity (Wildman–Crippen MR) is 61.8 cm³/mol. The molecule has 84 valence electrons. The van der Waals surface area contributed by atoms with Crippen LogP contribution >= 0.6 is 11.6 Å². The molecule has 0 amide bonds. The van der Waals surface area contributed by atoms with Crippen molar-refractivity contribution in [3.05, 3.63) is 29.0 Å². The highest BCUT2D eigenvalue weighted by Gasteiger charge is 2.15. The third kappa shape index (κ3) is 1.65. The Morgan fingerprint density at radius 1 is 1.56 bits per heavy atom. The minimum atomic E-state index is -0.365. The van der Waals surface area contributed by atoms with Crippen molar-refractivity contribution < 1.29 is 9.53 Å². The van der Waals surface area contributed by atoms with Crippen LogP contribution in [0.1, 0.15) is 17.4 Å². The molecule has 4 nitrogen and oxygen atoms in total. The quantitative estimate of drug-likeness (QED) is 0.596. The summed E-state index contributed by atoms with van der Waals surface area (Å²) in [6.07, 6.45) is 0. The number of pyridine rings is 1. The Labute approximate surface area is 97.8 Å². The molecule has 5 heteroatoms. The molecule has 2 aromatic heterocycles. The average molecular weight is 239 g/mol. The Morgan fingerprint density at radius 2 is 2.31 bits per heavy atom. The number of nitrogens with zero attached hydrogens (tertiary/aromatic N) is 2. The summed E-state index contributed by atoms with van der Waals surface area (Å²) in [5.41, 5.74) is 1.20. The summed E-state index contributed by atoms with van der Waals surface area (Å²) < 4.78 is 6.50. The van der Waals surface area contributed by atoms with E-state index in [0.717, 1.165) is 5.39 Å². The maximum atomic E-state index is 11.5. The summed E-state index contributed by atoms with van der Waals surface area (Å²) in [6.45, 7) is 2.58. The number of fused-ring (bicyclic) bond motifs is 1. The molecular formula is C11H11ClN2O2. The lowest BCUT2D eigenvalue weighted by Gasteiger charge is -2.04. The van der Waals surface area contributed by atoms with Gasteiger partial charge in [0.15, 0.2) is 0 Å². The SMILES string of the molecule is CCn1c(C(=O)OC)cc2ccc(Cl)nc21. The molecule has 0 aliphatic carbocycles. The van der Waals surface area contributed by atoms with E-state index in [-0.39, 0.29) is 5.97 Å². The first-order chi connectivity index (χ1) is 7.67. The van der Waals surface area contributed by atoms with Crippen molar-refractivity contribution >= 4 is 28.6 Å². The zero-order valence-corrected chi connectivity index (χ0v) is 9.78. The van der Waals surface area contributed by atoms with Crippen molar-refractivity contribution in [3.63, 3.8) is 0 Å². The minimum Gasteiger partial charge on any atom is -0.464 e. The Kier molecular flexibility index (Phi) is 2.83. The number of hydrogen-bond acceptors (Lipinski definition) is 3. The largest absolute Gasteiger partial charge is 0.464 e.